The summed E-state index contributed by atoms with van der Waals surface area (Å²) < 4.78 is 0. The second-order valence-corrected chi connectivity index (χ2v) is 4.07. The molecule has 0 aromatic rings. The van der Waals surface area contributed by atoms with E-state index in [1.807, 2.05) is 0 Å². The molecule has 0 aromatic heterocycles. The van der Waals surface area contributed by atoms with Gasteiger partial charge in [0.05, 0.1) is 12.2 Å². The molecule has 1 atom stereocenters. The number of aliphatic hydroxyl groups excluding tert-OH is 1. The van der Waals surface area contributed by atoms with E-state index in [1.165, 1.54) is 0 Å². The highest BCUT2D eigenvalue weighted by atomic mass is 16.3. The standard InChI is InChI=1S/C11H20N2O/c12-7-3-1-2-4-8-13-9-5-6-11(14)10-13/h11,14H,1-6,8-10H2. The Bertz CT molecular complexity index is 188. The van der Waals surface area contributed by atoms with Gasteiger partial charge in [0.1, 0.15) is 0 Å². The SMILES string of the molecule is N#CCCCCCN1CCCC(O)C1. The van der Waals surface area contributed by atoms with Crippen LogP contribution in [0.15, 0.2) is 0 Å². The molecule has 0 aromatic carbocycles. The van der Waals surface area contributed by atoms with Crippen molar-refractivity contribution in [3.8, 4) is 6.07 Å². The highest BCUT2D eigenvalue weighted by Crippen LogP contribution is 2.11. The van der Waals surface area contributed by atoms with E-state index in [0.717, 1.165) is 51.7 Å². The Hall–Kier alpha value is -0.590. The topological polar surface area (TPSA) is 47.3 Å². The molecular formula is C11H20N2O. The summed E-state index contributed by atoms with van der Waals surface area (Å²) in [6.45, 7) is 3.07. The van der Waals surface area contributed by atoms with Crippen LogP contribution in [0, 0.1) is 11.3 Å². The van der Waals surface area contributed by atoms with E-state index in [0.29, 0.717) is 6.42 Å². The molecule has 3 nitrogen and oxygen atoms in total. The number of unbranched alkanes of at least 4 members (excludes halogenated alkanes) is 3. The molecule has 0 aliphatic carbocycles. The largest absolute Gasteiger partial charge is 0.392 e. The molecule has 1 unspecified atom stereocenters. The quantitative estimate of drug-likeness (QED) is 0.678. The minimum atomic E-state index is -0.108. The van der Waals surface area contributed by atoms with Gasteiger partial charge in [-0.25, -0.2) is 0 Å². The van der Waals surface area contributed by atoms with Gasteiger partial charge in [0, 0.05) is 13.0 Å². The van der Waals surface area contributed by atoms with Gasteiger partial charge in [-0.1, -0.05) is 6.42 Å². The highest BCUT2D eigenvalue weighted by molar-refractivity contribution is 4.72. The molecule has 0 radical (unpaired) electrons. The van der Waals surface area contributed by atoms with Crippen LogP contribution in [0.5, 0.6) is 0 Å². The van der Waals surface area contributed by atoms with E-state index < -0.39 is 0 Å². The average molecular weight is 196 g/mol. The maximum absolute atomic E-state index is 9.44. The molecule has 3 heteroatoms. The number of piperidine rings is 1. The molecule has 1 fully saturated rings. The van der Waals surface area contributed by atoms with Gasteiger partial charge in [-0.15, -0.1) is 0 Å². The van der Waals surface area contributed by atoms with Crippen LogP contribution in [0.4, 0.5) is 0 Å². The van der Waals surface area contributed by atoms with E-state index in [2.05, 4.69) is 11.0 Å². The van der Waals surface area contributed by atoms with Gasteiger partial charge >= 0.3 is 0 Å². The summed E-state index contributed by atoms with van der Waals surface area (Å²) in [5.74, 6) is 0. The number of hydrogen-bond acceptors (Lipinski definition) is 3. The molecule has 0 amide bonds. The number of likely N-dealkylation sites (tertiary alicyclic amines) is 1. The first-order valence-corrected chi connectivity index (χ1v) is 5.60. The zero-order valence-corrected chi connectivity index (χ0v) is 8.78. The van der Waals surface area contributed by atoms with Gasteiger partial charge in [-0.3, -0.25) is 0 Å². The Balaban J connectivity index is 1.98. The number of nitriles is 1. The zero-order chi connectivity index (χ0) is 10.2. The predicted octanol–water partition coefficient (Wildman–Crippen LogP) is 1.53. The molecule has 0 spiro atoms. The first kappa shape index (κ1) is 11.5. The summed E-state index contributed by atoms with van der Waals surface area (Å²) in [6, 6.07) is 2.16. The molecule has 14 heavy (non-hydrogen) atoms. The van der Waals surface area contributed by atoms with Crippen molar-refractivity contribution in [3.63, 3.8) is 0 Å². The lowest BCUT2D eigenvalue weighted by Gasteiger charge is -2.29. The fraction of sp³-hybridized carbons (Fsp3) is 0.909. The van der Waals surface area contributed by atoms with Crippen LogP contribution < -0.4 is 0 Å². The van der Waals surface area contributed by atoms with Gasteiger partial charge in [-0.2, -0.15) is 5.26 Å². The second kappa shape index (κ2) is 6.80. The number of nitrogens with zero attached hydrogens (tertiary/aromatic N) is 2. The summed E-state index contributed by atoms with van der Waals surface area (Å²) in [5.41, 5.74) is 0. The van der Waals surface area contributed by atoms with Gasteiger partial charge in [0.15, 0.2) is 0 Å². The summed E-state index contributed by atoms with van der Waals surface area (Å²) in [5, 5.41) is 17.8. The monoisotopic (exact) mass is 196 g/mol. The molecule has 1 aliphatic heterocycles. The molecule has 0 bridgehead atoms. The molecule has 1 N–H and O–H groups in total. The third-order valence-electron chi connectivity index (χ3n) is 2.74. The van der Waals surface area contributed by atoms with E-state index in [4.69, 9.17) is 5.26 Å². The Labute approximate surface area is 86.3 Å². The summed E-state index contributed by atoms with van der Waals surface area (Å²) in [7, 11) is 0. The molecule has 1 aliphatic rings. The van der Waals surface area contributed by atoms with Crippen LogP contribution in [0.1, 0.15) is 38.5 Å². The Morgan fingerprint density at radius 1 is 1.36 bits per heavy atom. The fourth-order valence-corrected chi connectivity index (χ4v) is 1.95. The van der Waals surface area contributed by atoms with Crippen molar-refractivity contribution in [1.29, 1.82) is 5.26 Å². The van der Waals surface area contributed by atoms with Crippen LogP contribution >= 0.6 is 0 Å². The minimum absolute atomic E-state index is 0.108. The van der Waals surface area contributed by atoms with Crippen molar-refractivity contribution in [3.05, 3.63) is 0 Å². The summed E-state index contributed by atoms with van der Waals surface area (Å²) in [6.07, 6.45) is 5.98. The van der Waals surface area contributed by atoms with Crippen molar-refractivity contribution < 1.29 is 5.11 Å². The highest BCUT2D eigenvalue weighted by Gasteiger charge is 2.16. The van der Waals surface area contributed by atoms with Crippen molar-refractivity contribution in [1.82, 2.24) is 4.90 Å². The third-order valence-corrected chi connectivity index (χ3v) is 2.74. The van der Waals surface area contributed by atoms with E-state index >= 15 is 0 Å². The summed E-state index contributed by atoms with van der Waals surface area (Å²) >= 11 is 0. The van der Waals surface area contributed by atoms with Crippen molar-refractivity contribution in [2.24, 2.45) is 0 Å². The number of hydrogen-bond donors (Lipinski definition) is 1. The van der Waals surface area contributed by atoms with Crippen LogP contribution in [-0.2, 0) is 0 Å². The fourth-order valence-electron chi connectivity index (χ4n) is 1.95. The first-order chi connectivity index (χ1) is 6.83. The molecular weight excluding hydrogens is 176 g/mol. The van der Waals surface area contributed by atoms with Crippen LogP contribution in [0.25, 0.3) is 0 Å². The molecule has 1 heterocycles. The van der Waals surface area contributed by atoms with Gasteiger partial charge in [-0.05, 0) is 38.8 Å². The summed E-state index contributed by atoms with van der Waals surface area (Å²) in [4.78, 5) is 2.33. The maximum Gasteiger partial charge on any atom is 0.0667 e. The van der Waals surface area contributed by atoms with Gasteiger partial charge in [0.2, 0.25) is 0 Å². The minimum Gasteiger partial charge on any atom is -0.392 e. The lowest BCUT2D eigenvalue weighted by Crippen LogP contribution is -2.38. The second-order valence-electron chi connectivity index (χ2n) is 4.07. The van der Waals surface area contributed by atoms with Crippen molar-refractivity contribution in [2.75, 3.05) is 19.6 Å². The smallest absolute Gasteiger partial charge is 0.0667 e. The Morgan fingerprint density at radius 2 is 2.21 bits per heavy atom. The van der Waals surface area contributed by atoms with Crippen molar-refractivity contribution >= 4 is 0 Å². The Morgan fingerprint density at radius 3 is 2.93 bits per heavy atom. The normalized spacial score (nSPS) is 23.3. The molecule has 1 saturated heterocycles. The van der Waals surface area contributed by atoms with Crippen LogP contribution in [0.3, 0.4) is 0 Å². The number of β-amino-alcohol motifs (C(OH)–C–C–N with tert-alkyl or cyclic N) is 1. The number of rotatable bonds is 5. The predicted molar refractivity (Wildman–Crippen MR) is 55.8 cm³/mol. The average Bonchev–Trinajstić information content (AvgIpc) is 2.18. The third kappa shape index (κ3) is 4.59. The number of aliphatic hydroxyl groups is 1. The van der Waals surface area contributed by atoms with Crippen LogP contribution in [0.2, 0.25) is 0 Å². The first-order valence-electron chi connectivity index (χ1n) is 5.60. The molecule has 1 rings (SSSR count). The van der Waals surface area contributed by atoms with E-state index in [-0.39, 0.29) is 6.10 Å². The van der Waals surface area contributed by atoms with Gasteiger partial charge < -0.3 is 10.0 Å². The maximum atomic E-state index is 9.44. The zero-order valence-electron chi connectivity index (χ0n) is 8.78. The van der Waals surface area contributed by atoms with E-state index in [1.54, 1.807) is 0 Å². The van der Waals surface area contributed by atoms with E-state index in [9.17, 15) is 5.11 Å². The van der Waals surface area contributed by atoms with Crippen LogP contribution in [-0.4, -0.2) is 35.7 Å². The van der Waals surface area contributed by atoms with Crippen molar-refractivity contribution in [2.45, 2.75) is 44.6 Å². The lowest BCUT2D eigenvalue weighted by atomic mass is 10.1. The molecule has 80 valence electrons. The Kier molecular flexibility index (Phi) is 5.58. The molecule has 0 saturated carbocycles. The lowest BCUT2D eigenvalue weighted by molar-refractivity contribution is 0.0698. The van der Waals surface area contributed by atoms with Gasteiger partial charge in [0.25, 0.3) is 0 Å².